The standard InChI is InChI=1S/C17H18BrNO2/c1-3-12-7-5-6-8-15(12)19-17(20)13-9-10-16(21-4-2)14(18)11-13/h5-11H,3-4H2,1-2H3,(H,19,20). The zero-order valence-electron chi connectivity index (χ0n) is 12.2. The van der Waals surface area contributed by atoms with Crippen molar-refractivity contribution in [3.8, 4) is 5.75 Å². The SMILES string of the molecule is CCOc1ccc(C(=O)Nc2ccccc2CC)cc1Br. The summed E-state index contributed by atoms with van der Waals surface area (Å²) in [5, 5.41) is 2.96. The van der Waals surface area contributed by atoms with Gasteiger partial charge in [-0.1, -0.05) is 25.1 Å². The summed E-state index contributed by atoms with van der Waals surface area (Å²) in [7, 11) is 0. The van der Waals surface area contributed by atoms with Crippen molar-refractivity contribution in [3.05, 3.63) is 58.1 Å². The van der Waals surface area contributed by atoms with Gasteiger partial charge in [0.15, 0.2) is 0 Å². The van der Waals surface area contributed by atoms with E-state index in [1.54, 1.807) is 18.2 Å². The first-order valence-electron chi connectivity index (χ1n) is 6.97. The van der Waals surface area contributed by atoms with Gasteiger partial charge in [-0.25, -0.2) is 0 Å². The molecule has 2 aromatic carbocycles. The Morgan fingerprint density at radius 1 is 1.19 bits per heavy atom. The molecule has 0 fully saturated rings. The number of rotatable bonds is 5. The molecular formula is C17H18BrNO2. The lowest BCUT2D eigenvalue weighted by molar-refractivity contribution is 0.102. The van der Waals surface area contributed by atoms with Crippen LogP contribution in [0.25, 0.3) is 0 Å². The fourth-order valence-corrected chi connectivity index (χ4v) is 2.55. The highest BCUT2D eigenvalue weighted by atomic mass is 79.9. The fourth-order valence-electron chi connectivity index (χ4n) is 2.06. The molecule has 0 heterocycles. The van der Waals surface area contributed by atoms with Crippen molar-refractivity contribution >= 4 is 27.5 Å². The van der Waals surface area contributed by atoms with Gasteiger partial charge < -0.3 is 10.1 Å². The third kappa shape index (κ3) is 3.85. The molecule has 0 aromatic heterocycles. The lowest BCUT2D eigenvalue weighted by Gasteiger charge is -2.11. The number of aryl methyl sites for hydroxylation is 1. The van der Waals surface area contributed by atoms with Crippen LogP contribution in [0.3, 0.4) is 0 Å². The van der Waals surface area contributed by atoms with Crippen LogP contribution in [0.15, 0.2) is 46.9 Å². The van der Waals surface area contributed by atoms with Gasteiger partial charge in [-0.2, -0.15) is 0 Å². The van der Waals surface area contributed by atoms with Gasteiger partial charge in [-0.3, -0.25) is 4.79 Å². The van der Waals surface area contributed by atoms with Crippen molar-refractivity contribution in [1.29, 1.82) is 0 Å². The Morgan fingerprint density at radius 2 is 1.95 bits per heavy atom. The summed E-state index contributed by atoms with van der Waals surface area (Å²) in [6.45, 7) is 4.58. The summed E-state index contributed by atoms with van der Waals surface area (Å²) in [6.07, 6.45) is 0.878. The predicted octanol–water partition coefficient (Wildman–Crippen LogP) is 4.66. The lowest BCUT2D eigenvalue weighted by Crippen LogP contribution is -2.13. The highest BCUT2D eigenvalue weighted by Crippen LogP contribution is 2.26. The van der Waals surface area contributed by atoms with E-state index in [9.17, 15) is 4.79 Å². The van der Waals surface area contributed by atoms with Crippen LogP contribution in [0, 0.1) is 0 Å². The first-order valence-corrected chi connectivity index (χ1v) is 7.76. The smallest absolute Gasteiger partial charge is 0.255 e. The monoisotopic (exact) mass is 347 g/mol. The molecule has 1 amide bonds. The van der Waals surface area contributed by atoms with E-state index in [-0.39, 0.29) is 5.91 Å². The molecule has 0 spiro atoms. The van der Waals surface area contributed by atoms with E-state index < -0.39 is 0 Å². The summed E-state index contributed by atoms with van der Waals surface area (Å²) in [5.74, 6) is 0.614. The Bertz CT molecular complexity index is 640. The van der Waals surface area contributed by atoms with Gasteiger partial charge in [-0.15, -0.1) is 0 Å². The topological polar surface area (TPSA) is 38.3 Å². The number of nitrogens with one attached hydrogen (secondary N) is 1. The molecule has 0 aliphatic heterocycles. The van der Waals surface area contributed by atoms with Gasteiger partial charge in [0, 0.05) is 11.3 Å². The number of benzene rings is 2. The molecule has 0 unspecified atom stereocenters. The van der Waals surface area contributed by atoms with Crippen LogP contribution in [0.2, 0.25) is 0 Å². The van der Waals surface area contributed by atoms with Crippen LogP contribution in [0.5, 0.6) is 5.75 Å². The van der Waals surface area contributed by atoms with Crippen molar-refractivity contribution < 1.29 is 9.53 Å². The predicted molar refractivity (Wildman–Crippen MR) is 89.1 cm³/mol. The van der Waals surface area contributed by atoms with E-state index >= 15 is 0 Å². The van der Waals surface area contributed by atoms with Gasteiger partial charge in [0.1, 0.15) is 5.75 Å². The molecule has 2 aromatic rings. The minimum absolute atomic E-state index is 0.125. The maximum atomic E-state index is 12.3. The summed E-state index contributed by atoms with van der Waals surface area (Å²) in [4.78, 5) is 12.3. The van der Waals surface area contributed by atoms with E-state index in [0.29, 0.717) is 12.2 Å². The molecule has 0 aliphatic rings. The number of anilines is 1. The largest absolute Gasteiger partial charge is 0.493 e. The zero-order valence-corrected chi connectivity index (χ0v) is 13.7. The number of ether oxygens (including phenoxy) is 1. The molecule has 0 saturated heterocycles. The van der Waals surface area contributed by atoms with Crippen molar-refractivity contribution in [2.45, 2.75) is 20.3 Å². The molecule has 0 saturated carbocycles. The second-order valence-electron chi connectivity index (χ2n) is 4.54. The first-order chi connectivity index (χ1) is 10.2. The number of amides is 1. The van der Waals surface area contributed by atoms with Crippen LogP contribution in [-0.2, 0) is 6.42 Å². The second kappa shape index (κ2) is 7.27. The molecule has 110 valence electrons. The van der Waals surface area contributed by atoms with E-state index in [2.05, 4.69) is 28.2 Å². The van der Waals surface area contributed by atoms with E-state index in [4.69, 9.17) is 4.74 Å². The number of carbonyl (C=O) groups is 1. The van der Waals surface area contributed by atoms with Crippen LogP contribution >= 0.6 is 15.9 Å². The Hall–Kier alpha value is -1.81. The Morgan fingerprint density at radius 3 is 2.62 bits per heavy atom. The maximum Gasteiger partial charge on any atom is 0.255 e. The number of halogens is 1. The fraction of sp³-hybridized carbons (Fsp3) is 0.235. The molecule has 2 rings (SSSR count). The van der Waals surface area contributed by atoms with Crippen molar-refractivity contribution in [3.63, 3.8) is 0 Å². The number of hydrogen-bond donors (Lipinski definition) is 1. The zero-order chi connectivity index (χ0) is 15.2. The molecule has 0 aliphatic carbocycles. The molecule has 0 radical (unpaired) electrons. The molecule has 0 atom stereocenters. The van der Waals surface area contributed by atoms with Gasteiger partial charge in [-0.05, 0) is 59.1 Å². The van der Waals surface area contributed by atoms with Crippen LogP contribution in [-0.4, -0.2) is 12.5 Å². The normalized spacial score (nSPS) is 10.2. The summed E-state index contributed by atoms with van der Waals surface area (Å²) >= 11 is 3.43. The van der Waals surface area contributed by atoms with Gasteiger partial charge in [0.25, 0.3) is 5.91 Å². The van der Waals surface area contributed by atoms with Crippen molar-refractivity contribution in [2.24, 2.45) is 0 Å². The number of carbonyl (C=O) groups excluding carboxylic acids is 1. The first kappa shape index (κ1) is 15.6. The van der Waals surface area contributed by atoms with Gasteiger partial charge in [0.05, 0.1) is 11.1 Å². The van der Waals surface area contributed by atoms with Crippen LogP contribution in [0.4, 0.5) is 5.69 Å². The van der Waals surface area contributed by atoms with Crippen molar-refractivity contribution in [2.75, 3.05) is 11.9 Å². The summed E-state index contributed by atoms with van der Waals surface area (Å²) in [5.41, 5.74) is 2.57. The molecule has 1 N–H and O–H groups in total. The second-order valence-corrected chi connectivity index (χ2v) is 5.40. The molecule has 21 heavy (non-hydrogen) atoms. The van der Waals surface area contributed by atoms with Crippen LogP contribution < -0.4 is 10.1 Å². The summed E-state index contributed by atoms with van der Waals surface area (Å²) < 4.78 is 6.23. The molecular weight excluding hydrogens is 330 g/mol. The lowest BCUT2D eigenvalue weighted by atomic mass is 10.1. The van der Waals surface area contributed by atoms with E-state index in [0.717, 1.165) is 27.9 Å². The Labute approximate surface area is 133 Å². The number of hydrogen-bond acceptors (Lipinski definition) is 2. The Balaban J connectivity index is 2.19. The van der Waals surface area contributed by atoms with Crippen LogP contribution in [0.1, 0.15) is 29.8 Å². The molecule has 0 bridgehead atoms. The summed E-state index contributed by atoms with van der Waals surface area (Å²) in [6, 6.07) is 13.2. The van der Waals surface area contributed by atoms with E-state index in [1.165, 1.54) is 0 Å². The minimum atomic E-state index is -0.125. The van der Waals surface area contributed by atoms with E-state index in [1.807, 2.05) is 31.2 Å². The molecule has 4 heteroatoms. The average molecular weight is 348 g/mol. The van der Waals surface area contributed by atoms with Crippen molar-refractivity contribution in [1.82, 2.24) is 0 Å². The molecule has 3 nitrogen and oxygen atoms in total. The average Bonchev–Trinajstić information content (AvgIpc) is 2.50. The van der Waals surface area contributed by atoms with Gasteiger partial charge in [0.2, 0.25) is 0 Å². The van der Waals surface area contributed by atoms with Gasteiger partial charge >= 0.3 is 0 Å². The quantitative estimate of drug-likeness (QED) is 0.853. The number of para-hydroxylation sites is 1. The highest BCUT2D eigenvalue weighted by molar-refractivity contribution is 9.10. The minimum Gasteiger partial charge on any atom is -0.493 e. The third-order valence-corrected chi connectivity index (χ3v) is 3.76. The maximum absolute atomic E-state index is 12.3. The Kier molecular flexibility index (Phi) is 5.39. The third-order valence-electron chi connectivity index (χ3n) is 3.14. The highest BCUT2D eigenvalue weighted by Gasteiger charge is 2.10.